The summed E-state index contributed by atoms with van der Waals surface area (Å²) in [6.45, 7) is -4.14. The summed E-state index contributed by atoms with van der Waals surface area (Å²) in [5.74, 6) is -0.907. The Morgan fingerprint density at radius 3 is 2.29 bits per heavy atom. The highest BCUT2D eigenvalue weighted by atomic mass is 19.3. The van der Waals surface area contributed by atoms with Gasteiger partial charge in [-0.2, -0.15) is 17.6 Å². The lowest BCUT2D eigenvalue weighted by Gasteiger charge is -2.16. The number of hydrogen-bond acceptors (Lipinski definition) is 4. The second-order valence-corrected chi connectivity index (χ2v) is 6.13. The average molecular weight is 447 g/mol. The first-order valence-electron chi connectivity index (χ1n) is 9.27. The SMILES string of the molecule is CCNC(=NCc1c(F)cccc1OC(F)F)NCC(O)c1ccc(OC(F)F)cc1. The molecule has 2 rings (SSSR count). The fourth-order valence-electron chi connectivity index (χ4n) is 2.58. The molecule has 2 aromatic carbocycles. The van der Waals surface area contributed by atoms with Crippen LogP contribution >= 0.6 is 0 Å². The molecule has 11 heteroatoms. The van der Waals surface area contributed by atoms with E-state index in [-0.39, 0.29) is 36.1 Å². The molecule has 0 heterocycles. The summed E-state index contributed by atoms with van der Waals surface area (Å²) in [6, 6.07) is 9.03. The van der Waals surface area contributed by atoms with Crippen LogP contribution in [0, 0.1) is 5.82 Å². The summed E-state index contributed by atoms with van der Waals surface area (Å²) in [4.78, 5) is 4.14. The molecule has 0 spiro atoms. The van der Waals surface area contributed by atoms with Gasteiger partial charge in [-0.1, -0.05) is 18.2 Å². The van der Waals surface area contributed by atoms with E-state index in [0.717, 1.165) is 6.07 Å². The lowest BCUT2D eigenvalue weighted by molar-refractivity contribution is -0.0510. The number of hydrogen-bond donors (Lipinski definition) is 3. The predicted octanol–water partition coefficient (Wildman–Crippen LogP) is 3.82. The van der Waals surface area contributed by atoms with Crippen LogP contribution < -0.4 is 20.1 Å². The van der Waals surface area contributed by atoms with Gasteiger partial charge in [0.2, 0.25) is 0 Å². The molecule has 170 valence electrons. The van der Waals surface area contributed by atoms with Gasteiger partial charge in [-0.05, 0) is 36.8 Å². The quantitative estimate of drug-likeness (QED) is 0.293. The molecule has 0 aliphatic rings. The molecule has 0 saturated carbocycles. The maximum atomic E-state index is 14.1. The fourth-order valence-corrected chi connectivity index (χ4v) is 2.58. The number of guanidine groups is 1. The number of benzene rings is 2. The van der Waals surface area contributed by atoms with Crippen molar-refractivity contribution in [1.82, 2.24) is 10.6 Å². The highest BCUT2D eigenvalue weighted by Gasteiger charge is 2.14. The van der Waals surface area contributed by atoms with Gasteiger partial charge in [-0.3, -0.25) is 0 Å². The van der Waals surface area contributed by atoms with Crippen LogP contribution in [0.2, 0.25) is 0 Å². The average Bonchev–Trinajstić information content (AvgIpc) is 2.71. The number of rotatable bonds is 10. The van der Waals surface area contributed by atoms with Crippen LogP contribution in [0.25, 0.3) is 0 Å². The van der Waals surface area contributed by atoms with E-state index in [0.29, 0.717) is 12.1 Å². The Labute approximate surface area is 175 Å². The number of aliphatic hydroxyl groups excluding tert-OH is 1. The van der Waals surface area contributed by atoms with Crippen molar-refractivity contribution in [3.63, 3.8) is 0 Å². The lowest BCUT2D eigenvalue weighted by atomic mass is 10.1. The van der Waals surface area contributed by atoms with Crippen LogP contribution in [0.4, 0.5) is 22.0 Å². The zero-order valence-electron chi connectivity index (χ0n) is 16.5. The zero-order chi connectivity index (χ0) is 22.8. The van der Waals surface area contributed by atoms with Crippen LogP contribution in [-0.4, -0.2) is 37.4 Å². The monoisotopic (exact) mass is 447 g/mol. The summed E-state index contributed by atoms with van der Waals surface area (Å²) < 4.78 is 72.1. The minimum Gasteiger partial charge on any atom is -0.435 e. The fraction of sp³-hybridized carbons (Fsp3) is 0.350. The topological polar surface area (TPSA) is 75.1 Å². The molecule has 2 aromatic rings. The van der Waals surface area contributed by atoms with Gasteiger partial charge in [0, 0.05) is 13.1 Å². The standard InChI is InChI=1S/C20H22F5N3O3/c1-2-26-20(27-10-14-15(21)4-3-5-17(14)31-19(24)25)28-11-16(29)12-6-8-13(9-7-12)30-18(22)23/h3-9,16,18-19,29H,2,10-11H2,1H3,(H2,26,27,28). The Balaban J connectivity index is 2.03. The number of nitrogens with zero attached hydrogens (tertiary/aromatic N) is 1. The van der Waals surface area contributed by atoms with E-state index in [1.54, 1.807) is 6.92 Å². The largest absolute Gasteiger partial charge is 0.435 e. The normalized spacial score (nSPS) is 12.7. The van der Waals surface area contributed by atoms with E-state index in [9.17, 15) is 27.1 Å². The van der Waals surface area contributed by atoms with Crippen LogP contribution in [-0.2, 0) is 6.54 Å². The first-order valence-corrected chi connectivity index (χ1v) is 9.27. The van der Waals surface area contributed by atoms with Crippen molar-refractivity contribution in [2.45, 2.75) is 32.8 Å². The molecule has 0 radical (unpaired) electrons. The maximum Gasteiger partial charge on any atom is 0.387 e. The summed E-state index contributed by atoms with van der Waals surface area (Å²) in [7, 11) is 0. The van der Waals surface area contributed by atoms with E-state index in [4.69, 9.17) is 0 Å². The highest BCUT2D eigenvalue weighted by molar-refractivity contribution is 5.79. The number of halogens is 5. The minimum atomic E-state index is -3.11. The highest BCUT2D eigenvalue weighted by Crippen LogP contribution is 2.24. The molecule has 0 fully saturated rings. The second-order valence-electron chi connectivity index (χ2n) is 6.13. The third-order valence-corrected chi connectivity index (χ3v) is 3.98. The van der Waals surface area contributed by atoms with Gasteiger partial charge in [0.1, 0.15) is 17.3 Å². The molecule has 0 aliphatic carbocycles. The lowest BCUT2D eigenvalue weighted by Crippen LogP contribution is -2.39. The summed E-state index contributed by atoms with van der Waals surface area (Å²) in [5, 5.41) is 16.0. The third-order valence-electron chi connectivity index (χ3n) is 3.98. The molecule has 1 unspecified atom stereocenters. The molecule has 1 atom stereocenters. The van der Waals surface area contributed by atoms with Crippen molar-refractivity contribution in [2.75, 3.05) is 13.1 Å². The molecule has 0 amide bonds. The van der Waals surface area contributed by atoms with Crippen LogP contribution in [0.3, 0.4) is 0 Å². The number of aliphatic hydroxyl groups is 1. The Bertz CT molecular complexity index is 850. The van der Waals surface area contributed by atoms with Gasteiger partial charge < -0.3 is 25.2 Å². The van der Waals surface area contributed by atoms with Gasteiger partial charge in [-0.25, -0.2) is 9.38 Å². The number of ether oxygens (including phenoxy) is 2. The van der Waals surface area contributed by atoms with Gasteiger partial charge in [0.15, 0.2) is 5.96 Å². The molecule has 3 N–H and O–H groups in total. The first-order chi connectivity index (χ1) is 14.8. The number of nitrogens with one attached hydrogen (secondary N) is 2. The van der Waals surface area contributed by atoms with E-state index >= 15 is 0 Å². The number of aliphatic imine (C=N–C) groups is 1. The van der Waals surface area contributed by atoms with Crippen molar-refractivity contribution in [3.8, 4) is 11.5 Å². The van der Waals surface area contributed by atoms with E-state index in [1.165, 1.54) is 36.4 Å². The summed E-state index contributed by atoms with van der Waals surface area (Å²) >= 11 is 0. The smallest absolute Gasteiger partial charge is 0.387 e. The Morgan fingerprint density at radius 2 is 1.68 bits per heavy atom. The molecule has 0 bridgehead atoms. The van der Waals surface area contributed by atoms with Crippen molar-refractivity contribution >= 4 is 5.96 Å². The van der Waals surface area contributed by atoms with Crippen LogP contribution in [0.15, 0.2) is 47.5 Å². The Kier molecular flexibility index (Phi) is 9.32. The van der Waals surface area contributed by atoms with Gasteiger partial charge in [0.25, 0.3) is 0 Å². The molecule has 0 saturated heterocycles. The molecular formula is C20H22F5N3O3. The second kappa shape index (κ2) is 11.9. The predicted molar refractivity (Wildman–Crippen MR) is 104 cm³/mol. The molecule has 31 heavy (non-hydrogen) atoms. The van der Waals surface area contributed by atoms with Gasteiger partial charge in [0.05, 0.1) is 18.2 Å². The number of alkyl halides is 4. The van der Waals surface area contributed by atoms with Crippen LogP contribution in [0.5, 0.6) is 11.5 Å². The van der Waals surface area contributed by atoms with E-state index in [2.05, 4.69) is 25.1 Å². The van der Waals surface area contributed by atoms with E-state index < -0.39 is 25.1 Å². The first kappa shape index (κ1) is 24.2. The minimum absolute atomic E-state index is 0.0153. The zero-order valence-corrected chi connectivity index (χ0v) is 16.5. The summed E-state index contributed by atoms with van der Waals surface area (Å²) in [6.07, 6.45) is -1.02. The Morgan fingerprint density at radius 1 is 1.00 bits per heavy atom. The van der Waals surface area contributed by atoms with Crippen molar-refractivity contribution in [1.29, 1.82) is 0 Å². The molecule has 0 aromatic heterocycles. The Hall–Kier alpha value is -3.08. The van der Waals surface area contributed by atoms with Gasteiger partial charge >= 0.3 is 13.2 Å². The maximum absolute atomic E-state index is 14.1. The van der Waals surface area contributed by atoms with Crippen molar-refractivity contribution in [2.24, 2.45) is 4.99 Å². The molecular weight excluding hydrogens is 425 g/mol. The van der Waals surface area contributed by atoms with Crippen molar-refractivity contribution in [3.05, 3.63) is 59.4 Å². The molecule has 0 aliphatic heterocycles. The van der Waals surface area contributed by atoms with Crippen molar-refractivity contribution < 1.29 is 36.5 Å². The third kappa shape index (κ3) is 7.93. The van der Waals surface area contributed by atoms with E-state index in [1.807, 2.05) is 0 Å². The van der Waals surface area contributed by atoms with Crippen LogP contribution in [0.1, 0.15) is 24.2 Å². The van der Waals surface area contributed by atoms with Gasteiger partial charge in [-0.15, -0.1) is 0 Å². The molecule has 6 nitrogen and oxygen atoms in total. The summed E-state index contributed by atoms with van der Waals surface area (Å²) in [5.41, 5.74) is 0.293.